The zero-order valence-corrected chi connectivity index (χ0v) is 58.6. The van der Waals surface area contributed by atoms with E-state index in [4.69, 9.17) is 9.97 Å². The van der Waals surface area contributed by atoms with Crippen molar-refractivity contribution in [1.82, 2.24) is 14.5 Å². The van der Waals surface area contributed by atoms with E-state index < -0.39 is 0 Å². The van der Waals surface area contributed by atoms with Crippen molar-refractivity contribution in [3.63, 3.8) is 0 Å². The topological polar surface area (TPSA) is 51.3 Å². The maximum absolute atomic E-state index is 5.53. The van der Waals surface area contributed by atoms with E-state index >= 15 is 0 Å². The van der Waals surface area contributed by atoms with Crippen LogP contribution in [0.1, 0.15) is 51.3 Å². The normalized spacial score (nSPS) is 11.0. The molecule has 0 aliphatic rings. The number of benzene rings is 12. The summed E-state index contributed by atoms with van der Waals surface area (Å²) in [4.78, 5) is 15.5. The zero-order chi connectivity index (χ0) is 64.7. The Morgan fingerprint density at radius 2 is 0.904 bits per heavy atom. The third-order valence-corrected chi connectivity index (χ3v) is 17.1. The van der Waals surface area contributed by atoms with Crippen LogP contribution < -0.4 is 61.2 Å². The number of fused-ring (bicyclic) bond motifs is 4. The fourth-order valence-electron chi connectivity index (χ4n) is 12.0. The van der Waals surface area contributed by atoms with Gasteiger partial charge < -0.3 is 19.7 Å². The summed E-state index contributed by atoms with van der Waals surface area (Å²) in [5, 5.41) is 7.17. The van der Waals surface area contributed by atoms with E-state index in [0.29, 0.717) is 0 Å². The van der Waals surface area contributed by atoms with E-state index in [-0.39, 0.29) is 56.8 Å². The molecule has 0 aliphatic carbocycles. The monoisotopic (exact) mass is 1250 g/mol. The molecule has 0 saturated heterocycles. The molecule has 6 nitrogen and oxygen atoms in total. The van der Waals surface area contributed by atoms with Gasteiger partial charge in [-0.15, -0.1) is 18.0 Å². The van der Waals surface area contributed by atoms with E-state index in [0.717, 1.165) is 84.5 Å². The first kappa shape index (κ1) is 67.2. The van der Waals surface area contributed by atoms with E-state index in [1.54, 1.807) is 6.08 Å². The Kier molecular flexibility index (Phi) is 22.7. The van der Waals surface area contributed by atoms with Gasteiger partial charge in [-0.2, -0.15) is 0 Å². The smallest absolute Gasteiger partial charge is 0.658 e. The zero-order valence-electron chi connectivity index (χ0n) is 55.5. The number of hydrogen-bond acceptors (Lipinski definition) is 4. The van der Waals surface area contributed by atoms with Crippen LogP contribution in [0.5, 0.6) is 0 Å². The third kappa shape index (κ3) is 15.3. The molecule has 2 aromatic heterocycles. The summed E-state index contributed by atoms with van der Waals surface area (Å²) in [6, 6.07) is 108. The molecule has 0 radical (unpaired) electrons. The molecule has 0 amide bonds. The van der Waals surface area contributed by atoms with Crippen molar-refractivity contribution in [2.24, 2.45) is 7.05 Å². The first-order valence-electron chi connectivity index (χ1n) is 31.8. The summed E-state index contributed by atoms with van der Waals surface area (Å²) >= 11 is 0. The van der Waals surface area contributed by atoms with Crippen molar-refractivity contribution in [1.29, 1.82) is 0 Å². The molecule has 2 heterocycles. The number of rotatable bonds is 13. The molecular formula is C87H79KN6. The van der Waals surface area contributed by atoms with Crippen molar-refractivity contribution in [2.45, 2.75) is 53.9 Å². The molecule has 458 valence electrons. The van der Waals surface area contributed by atoms with Gasteiger partial charge in [0.1, 0.15) is 0 Å². The molecule has 0 unspecified atom stereocenters. The van der Waals surface area contributed by atoms with Crippen molar-refractivity contribution >= 4 is 78.3 Å². The molecule has 7 heteroatoms. The second-order valence-corrected chi connectivity index (χ2v) is 23.6. The van der Waals surface area contributed by atoms with Gasteiger partial charge in [-0.25, -0.2) is 9.97 Å². The minimum absolute atomic E-state index is 0. The maximum Gasteiger partial charge on any atom is 1.00 e. The number of allylic oxidation sites excluding steroid dienone is 3. The Morgan fingerprint density at radius 3 is 1.53 bits per heavy atom. The van der Waals surface area contributed by atoms with Crippen LogP contribution >= 0.6 is 0 Å². The average Bonchev–Trinajstić information content (AvgIpc) is 1.40. The Hall–Kier alpha value is -9.70. The fraction of sp³-hybridized carbons (Fsp3) is 0.103. The van der Waals surface area contributed by atoms with Crippen LogP contribution in [0.3, 0.4) is 0 Å². The molecule has 0 aliphatic heterocycles. The Morgan fingerprint density at radius 1 is 0.436 bits per heavy atom. The van der Waals surface area contributed by atoms with Crippen LogP contribution in [0.4, 0.5) is 45.5 Å². The summed E-state index contributed by atoms with van der Waals surface area (Å²) in [6.07, 6.45) is 3.97. The summed E-state index contributed by atoms with van der Waals surface area (Å²) in [6.45, 7) is 18.6. The number of aromatic nitrogens is 3. The third-order valence-electron chi connectivity index (χ3n) is 17.1. The second kappa shape index (κ2) is 31.8. The first-order chi connectivity index (χ1) is 45.4. The van der Waals surface area contributed by atoms with Crippen LogP contribution in [0.2, 0.25) is 0 Å². The Bertz CT molecular complexity index is 4770. The van der Waals surface area contributed by atoms with E-state index in [1.165, 1.54) is 49.8 Å². The van der Waals surface area contributed by atoms with Crippen LogP contribution in [0, 0.1) is 13.8 Å². The van der Waals surface area contributed by atoms with Gasteiger partial charge >= 0.3 is 51.4 Å². The van der Waals surface area contributed by atoms with Gasteiger partial charge in [-0.3, -0.25) is 0 Å². The summed E-state index contributed by atoms with van der Waals surface area (Å²) in [5.74, 6) is 0. The predicted molar refractivity (Wildman–Crippen MR) is 399 cm³/mol. The average molecular weight is 1250 g/mol. The van der Waals surface area contributed by atoms with Gasteiger partial charge in [0.15, 0.2) is 0 Å². The van der Waals surface area contributed by atoms with E-state index in [1.807, 2.05) is 85.8 Å². The van der Waals surface area contributed by atoms with Gasteiger partial charge in [-0.05, 0) is 148 Å². The molecule has 0 fully saturated rings. The van der Waals surface area contributed by atoms with Gasteiger partial charge in [0.25, 0.3) is 0 Å². The van der Waals surface area contributed by atoms with Crippen molar-refractivity contribution < 1.29 is 51.4 Å². The van der Waals surface area contributed by atoms with Crippen LogP contribution in [0.15, 0.2) is 334 Å². The largest absolute Gasteiger partial charge is 1.00 e. The summed E-state index contributed by atoms with van der Waals surface area (Å²) < 4.78 is 2.28. The number of aryl methyl sites for hydroxylation is 3. The summed E-state index contributed by atoms with van der Waals surface area (Å²) in [7, 11) is 2.14. The molecule has 14 rings (SSSR count). The fourth-order valence-corrected chi connectivity index (χ4v) is 12.0. The second-order valence-electron chi connectivity index (χ2n) is 23.6. The van der Waals surface area contributed by atoms with Gasteiger partial charge in [0, 0.05) is 85.1 Å². The molecule has 0 bridgehead atoms. The van der Waals surface area contributed by atoms with Crippen LogP contribution in [0.25, 0.3) is 71.8 Å². The molecule has 94 heavy (non-hydrogen) atoms. The predicted octanol–water partition coefficient (Wildman–Crippen LogP) is 22.0. The quantitative estimate of drug-likeness (QED) is 0.0853. The number of nitrogens with zero attached hydrogens (tertiary/aromatic N) is 6. The standard InChI is InChI=1S/C53H46N4.C25H21N2.C6H6.C3H6.K/c1-7-36(3)53(4,5)46-33-39(26-25-35(46)2)43-22-16-23-47-52(43)55-51(50(54-47)37-17-10-8-11-18-37)38-27-29-41(30-28-38)57(40-19-12-9-13-20-40)42-31-32-49-45(34-42)44-21-14-15-24-48(44)56(49)6;1-20-10-8-9-15-25(20)27(23-13-6-3-7-14-23)24-18-16-22(17-19-24)26-21-11-4-2-5-12-21;1-2-4-6-5-3-1;1-3-2;/h7-34H,1-6H3;2-19H,1H3;1-6H;3H,1H2,2H3;/q;-1;;;+1/b36-7+;;;;. The molecule has 0 spiro atoms. The van der Waals surface area contributed by atoms with Crippen molar-refractivity contribution in [3.05, 3.63) is 356 Å². The van der Waals surface area contributed by atoms with Crippen molar-refractivity contribution in [3.8, 4) is 33.6 Å². The molecular weight excluding hydrogens is 1170 g/mol. The Balaban J connectivity index is 0.000000215. The van der Waals surface area contributed by atoms with Gasteiger partial charge in [0.05, 0.1) is 22.4 Å². The summed E-state index contributed by atoms with van der Waals surface area (Å²) in [5.41, 5.74) is 23.9. The molecule has 12 aromatic carbocycles. The molecule has 14 aromatic rings. The van der Waals surface area contributed by atoms with E-state index in [9.17, 15) is 0 Å². The number of hydrogen-bond donors (Lipinski definition) is 0. The Labute approximate surface area is 598 Å². The SMILES string of the molecule is C/C=C(\C)C(C)(C)c1cc(-c2cccc3nc(-c4ccccc4)c(-c4ccc(N(c5ccccc5)c5ccc6c(c5)c5ccccc5n6C)cc4)nc23)ccc1C.C=CC.Cc1ccccc1N(c1ccccc1)c1ccc([N-]c2ccccc2)cc1.[K+].c1ccccc1. The number of para-hydroxylation sites is 6. The van der Waals surface area contributed by atoms with Crippen molar-refractivity contribution in [2.75, 3.05) is 9.80 Å². The maximum atomic E-state index is 5.53. The van der Waals surface area contributed by atoms with Crippen LogP contribution in [-0.2, 0) is 12.5 Å². The van der Waals surface area contributed by atoms with E-state index in [2.05, 4.69) is 311 Å². The first-order valence-corrected chi connectivity index (χ1v) is 31.8. The molecule has 0 atom stereocenters. The molecule has 0 saturated carbocycles. The number of anilines is 6. The van der Waals surface area contributed by atoms with Crippen LogP contribution in [-0.4, -0.2) is 14.5 Å². The van der Waals surface area contributed by atoms with Gasteiger partial charge in [-0.1, -0.05) is 250 Å². The minimum atomic E-state index is -0.104. The molecule has 0 N–H and O–H groups in total. The van der Waals surface area contributed by atoms with Gasteiger partial charge in [0.2, 0.25) is 0 Å². The minimum Gasteiger partial charge on any atom is -0.658 e.